The van der Waals surface area contributed by atoms with E-state index in [1.807, 2.05) is 11.0 Å². The molecule has 2 aliphatic rings. The van der Waals surface area contributed by atoms with Gasteiger partial charge in [0, 0.05) is 45.1 Å². The third-order valence-corrected chi connectivity index (χ3v) is 5.21. The lowest BCUT2D eigenvalue weighted by molar-refractivity contribution is 0.184. The Hall–Kier alpha value is -1.89. The minimum Gasteiger partial charge on any atom is -0.338 e. The predicted octanol–water partition coefficient (Wildman–Crippen LogP) is 1.43. The Morgan fingerprint density at radius 2 is 1.80 bits per heavy atom. The Morgan fingerprint density at radius 1 is 1.12 bits per heavy atom. The molecule has 0 radical (unpaired) electrons. The van der Waals surface area contributed by atoms with Crippen molar-refractivity contribution < 1.29 is 4.79 Å². The summed E-state index contributed by atoms with van der Waals surface area (Å²) in [6.45, 7) is 9.59. The Balaban J connectivity index is 1.30. The molecule has 2 amide bonds. The van der Waals surface area contributed by atoms with Gasteiger partial charge in [-0.15, -0.1) is 0 Å². The summed E-state index contributed by atoms with van der Waals surface area (Å²) in [5.41, 5.74) is 0. The van der Waals surface area contributed by atoms with E-state index >= 15 is 0 Å². The lowest BCUT2D eigenvalue weighted by atomic mass is 9.99. The number of nitrogens with one attached hydrogen (secondary N) is 1. The van der Waals surface area contributed by atoms with Gasteiger partial charge in [-0.3, -0.25) is 0 Å². The predicted molar refractivity (Wildman–Crippen MR) is 98.7 cm³/mol. The van der Waals surface area contributed by atoms with Gasteiger partial charge in [-0.2, -0.15) is 0 Å². The molecule has 138 valence electrons. The van der Waals surface area contributed by atoms with Crippen LogP contribution in [0.5, 0.6) is 0 Å². The van der Waals surface area contributed by atoms with Crippen LogP contribution < -0.4 is 10.2 Å². The fraction of sp³-hybridized carbons (Fsp3) is 0.722. The Bertz CT molecular complexity index is 524. The maximum absolute atomic E-state index is 12.3. The van der Waals surface area contributed by atoms with Crippen LogP contribution in [-0.2, 0) is 0 Å². The molecule has 2 aliphatic heterocycles. The molecule has 3 heterocycles. The molecule has 0 saturated carbocycles. The number of carbonyl (C=O) groups is 1. The van der Waals surface area contributed by atoms with Crippen molar-refractivity contribution in [2.75, 3.05) is 57.3 Å². The molecule has 1 aromatic rings. The van der Waals surface area contributed by atoms with Crippen LogP contribution in [0.25, 0.3) is 0 Å². The van der Waals surface area contributed by atoms with E-state index in [0.717, 1.165) is 44.5 Å². The van der Waals surface area contributed by atoms with Crippen LogP contribution in [0.15, 0.2) is 18.5 Å². The summed E-state index contributed by atoms with van der Waals surface area (Å²) in [6.07, 6.45) is 7.15. The van der Waals surface area contributed by atoms with E-state index in [0.29, 0.717) is 13.1 Å². The van der Waals surface area contributed by atoms with Crippen molar-refractivity contribution in [2.45, 2.75) is 26.2 Å². The van der Waals surface area contributed by atoms with Gasteiger partial charge in [-0.05, 0) is 50.9 Å². The molecular weight excluding hydrogens is 316 g/mol. The van der Waals surface area contributed by atoms with Crippen LogP contribution in [0.3, 0.4) is 0 Å². The van der Waals surface area contributed by atoms with Crippen LogP contribution in [-0.4, -0.2) is 78.2 Å². The fourth-order valence-corrected chi connectivity index (χ4v) is 3.46. The zero-order chi connectivity index (χ0) is 17.5. The van der Waals surface area contributed by atoms with Crippen molar-refractivity contribution in [2.24, 2.45) is 5.92 Å². The van der Waals surface area contributed by atoms with Crippen molar-refractivity contribution in [1.82, 2.24) is 25.1 Å². The van der Waals surface area contributed by atoms with E-state index in [9.17, 15) is 4.79 Å². The quantitative estimate of drug-likeness (QED) is 0.817. The number of urea groups is 1. The molecule has 0 spiro atoms. The first-order chi connectivity index (χ1) is 12.2. The number of carbonyl (C=O) groups excluding carboxylic acids is 1. The van der Waals surface area contributed by atoms with E-state index in [2.05, 4.69) is 32.0 Å². The number of nitrogens with zero attached hydrogens (tertiary/aromatic N) is 5. The normalized spacial score (nSPS) is 19.9. The zero-order valence-electron chi connectivity index (χ0n) is 15.2. The summed E-state index contributed by atoms with van der Waals surface area (Å²) in [7, 11) is 0. The molecular formula is C18H30N6O. The molecule has 7 heteroatoms. The molecule has 2 saturated heterocycles. The number of hydrogen-bond donors (Lipinski definition) is 1. The standard InChI is InChI=1S/C18H30N6O/c1-16-4-10-22(11-5-16)9-3-8-21-18(25)24-14-12-23(13-15-24)17-19-6-2-7-20-17/h2,6-7,16H,3-5,8-15H2,1H3,(H,21,25). The number of amides is 2. The average molecular weight is 346 g/mol. The summed E-state index contributed by atoms with van der Waals surface area (Å²) in [5.74, 6) is 1.62. The van der Waals surface area contributed by atoms with Gasteiger partial charge in [-0.25, -0.2) is 14.8 Å². The van der Waals surface area contributed by atoms with Gasteiger partial charge in [0.1, 0.15) is 0 Å². The molecule has 7 nitrogen and oxygen atoms in total. The lowest BCUT2D eigenvalue weighted by Gasteiger charge is -2.34. The molecule has 2 fully saturated rings. The number of aromatic nitrogens is 2. The highest BCUT2D eigenvalue weighted by Crippen LogP contribution is 2.15. The van der Waals surface area contributed by atoms with E-state index in [1.165, 1.54) is 25.9 Å². The number of piperazine rings is 1. The second-order valence-corrected chi connectivity index (χ2v) is 7.13. The maximum atomic E-state index is 12.3. The van der Waals surface area contributed by atoms with Crippen LogP contribution >= 0.6 is 0 Å². The van der Waals surface area contributed by atoms with E-state index in [1.54, 1.807) is 12.4 Å². The van der Waals surface area contributed by atoms with Crippen LogP contribution in [0.4, 0.5) is 10.7 Å². The lowest BCUT2D eigenvalue weighted by Crippen LogP contribution is -2.52. The van der Waals surface area contributed by atoms with Gasteiger partial charge < -0.3 is 20.0 Å². The highest BCUT2D eigenvalue weighted by molar-refractivity contribution is 5.74. The Kier molecular flexibility index (Phi) is 6.44. The number of piperidine rings is 1. The molecule has 1 aromatic heterocycles. The minimum absolute atomic E-state index is 0.0564. The molecule has 1 N–H and O–H groups in total. The molecule has 25 heavy (non-hydrogen) atoms. The summed E-state index contributed by atoms with van der Waals surface area (Å²) >= 11 is 0. The minimum atomic E-state index is 0.0564. The van der Waals surface area contributed by atoms with Crippen molar-refractivity contribution in [3.05, 3.63) is 18.5 Å². The average Bonchev–Trinajstić information content (AvgIpc) is 2.67. The third kappa shape index (κ3) is 5.29. The highest BCUT2D eigenvalue weighted by atomic mass is 16.2. The van der Waals surface area contributed by atoms with Gasteiger partial charge in [0.15, 0.2) is 0 Å². The fourth-order valence-electron chi connectivity index (χ4n) is 3.46. The summed E-state index contributed by atoms with van der Waals surface area (Å²) < 4.78 is 0. The number of hydrogen-bond acceptors (Lipinski definition) is 5. The number of likely N-dealkylation sites (tertiary alicyclic amines) is 1. The van der Waals surface area contributed by atoms with Crippen molar-refractivity contribution in [3.63, 3.8) is 0 Å². The SMILES string of the molecule is CC1CCN(CCCNC(=O)N2CCN(c3ncccn3)CC2)CC1. The van der Waals surface area contributed by atoms with E-state index in [4.69, 9.17) is 0 Å². The summed E-state index contributed by atoms with van der Waals surface area (Å²) in [4.78, 5) is 27.4. The first-order valence-electron chi connectivity index (χ1n) is 9.49. The Morgan fingerprint density at radius 3 is 2.48 bits per heavy atom. The van der Waals surface area contributed by atoms with Gasteiger partial charge in [0.2, 0.25) is 5.95 Å². The molecule has 0 bridgehead atoms. The van der Waals surface area contributed by atoms with Crippen LogP contribution in [0.2, 0.25) is 0 Å². The molecule has 0 unspecified atom stereocenters. The van der Waals surface area contributed by atoms with Crippen LogP contribution in [0, 0.1) is 5.92 Å². The summed E-state index contributed by atoms with van der Waals surface area (Å²) in [5, 5.41) is 3.07. The second kappa shape index (κ2) is 8.99. The summed E-state index contributed by atoms with van der Waals surface area (Å²) in [6, 6.07) is 1.87. The highest BCUT2D eigenvalue weighted by Gasteiger charge is 2.22. The van der Waals surface area contributed by atoms with E-state index < -0.39 is 0 Å². The maximum Gasteiger partial charge on any atom is 0.317 e. The smallest absolute Gasteiger partial charge is 0.317 e. The van der Waals surface area contributed by atoms with E-state index in [-0.39, 0.29) is 6.03 Å². The Labute approximate surface area is 150 Å². The topological polar surface area (TPSA) is 64.6 Å². The first kappa shape index (κ1) is 17.9. The molecule has 3 rings (SSSR count). The second-order valence-electron chi connectivity index (χ2n) is 7.13. The molecule has 0 aliphatic carbocycles. The first-order valence-corrected chi connectivity index (χ1v) is 9.49. The zero-order valence-corrected chi connectivity index (χ0v) is 15.2. The van der Waals surface area contributed by atoms with Gasteiger partial charge in [-0.1, -0.05) is 6.92 Å². The van der Waals surface area contributed by atoms with Gasteiger partial charge >= 0.3 is 6.03 Å². The van der Waals surface area contributed by atoms with Crippen molar-refractivity contribution >= 4 is 12.0 Å². The molecule has 0 atom stereocenters. The monoisotopic (exact) mass is 346 g/mol. The largest absolute Gasteiger partial charge is 0.338 e. The van der Waals surface area contributed by atoms with Crippen LogP contribution in [0.1, 0.15) is 26.2 Å². The third-order valence-electron chi connectivity index (χ3n) is 5.21. The van der Waals surface area contributed by atoms with Gasteiger partial charge in [0.05, 0.1) is 0 Å². The van der Waals surface area contributed by atoms with Crippen molar-refractivity contribution in [3.8, 4) is 0 Å². The van der Waals surface area contributed by atoms with Crippen molar-refractivity contribution in [1.29, 1.82) is 0 Å². The number of rotatable bonds is 5. The van der Waals surface area contributed by atoms with Gasteiger partial charge in [0.25, 0.3) is 0 Å². The number of anilines is 1. The molecule has 0 aromatic carbocycles.